The number of aromatic nitrogens is 5. The lowest BCUT2D eigenvalue weighted by Crippen LogP contribution is -2.24. The van der Waals surface area contributed by atoms with Crippen molar-refractivity contribution in [3.05, 3.63) is 53.3 Å². The maximum Gasteiger partial charge on any atom is 0.270 e. The van der Waals surface area contributed by atoms with Crippen molar-refractivity contribution in [2.24, 2.45) is 5.92 Å². The number of carbonyl (C=O) groups excluding carboxylic acids is 1. The van der Waals surface area contributed by atoms with E-state index < -0.39 is 0 Å². The van der Waals surface area contributed by atoms with Crippen LogP contribution in [-0.2, 0) is 13.1 Å². The summed E-state index contributed by atoms with van der Waals surface area (Å²) >= 11 is 0. The molecule has 9 nitrogen and oxygen atoms in total. The molecule has 0 radical (unpaired) electrons. The first-order chi connectivity index (χ1) is 15.5. The Hall–Kier alpha value is -3.33. The van der Waals surface area contributed by atoms with Crippen LogP contribution < -0.4 is 10.1 Å². The predicted octanol–water partition coefficient (Wildman–Crippen LogP) is 2.53. The van der Waals surface area contributed by atoms with Crippen molar-refractivity contribution < 1.29 is 14.6 Å². The van der Waals surface area contributed by atoms with Crippen molar-refractivity contribution in [3.63, 3.8) is 0 Å². The van der Waals surface area contributed by atoms with Crippen molar-refractivity contribution in [1.82, 2.24) is 30.5 Å². The van der Waals surface area contributed by atoms with E-state index in [9.17, 15) is 9.90 Å². The number of methoxy groups -OCH3 is 1. The molecule has 3 aromatic rings. The van der Waals surface area contributed by atoms with E-state index in [1.54, 1.807) is 18.0 Å². The first-order valence-electron chi connectivity index (χ1n) is 10.9. The number of benzene rings is 1. The van der Waals surface area contributed by atoms with E-state index in [2.05, 4.69) is 25.7 Å². The molecule has 168 valence electrons. The number of pyridine rings is 1. The quantitative estimate of drug-likeness (QED) is 0.585. The van der Waals surface area contributed by atoms with Crippen LogP contribution >= 0.6 is 0 Å². The molecular weight excluding hydrogens is 408 g/mol. The zero-order valence-electron chi connectivity index (χ0n) is 18.4. The van der Waals surface area contributed by atoms with E-state index >= 15 is 0 Å². The Morgan fingerprint density at radius 1 is 1.22 bits per heavy atom. The average Bonchev–Trinajstić information content (AvgIpc) is 3.27. The van der Waals surface area contributed by atoms with Crippen LogP contribution in [0.5, 0.6) is 5.75 Å². The van der Waals surface area contributed by atoms with Gasteiger partial charge in [0.1, 0.15) is 11.4 Å². The molecular formula is C23H28N6O3. The van der Waals surface area contributed by atoms with Gasteiger partial charge in [0.15, 0.2) is 0 Å². The van der Waals surface area contributed by atoms with Gasteiger partial charge in [0.25, 0.3) is 5.91 Å². The third-order valence-electron chi connectivity index (χ3n) is 5.72. The standard InChI is InChI=1S/C23H28N6O3/c1-15-10-18(22-26-28-29(27-22)14-16-6-8-19(30)9-7-16)12-21(25-15)23(31)24-13-17-4-3-5-20(11-17)32-2/h3-5,10-12,16,19,30H,6-9,13-14H2,1-2H3,(H,24,31)/t16-,19+. The van der Waals surface area contributed by atoms with Gasteiger partial charge in [-0.25, -0.2) is 4.98 Å². The Labute approximate surface area is 186 Å². The molecule has 2 aromatic heterocycles. The number of nitrogens with zero attached hydrogens (tertiary/aromatic N) is 5. The summed E-state index contributed by atoms with van der Waals surface area (Å²) in [5, 5.41) is 25.4. The molecule has 1 amide bonds. The second kappa shape index (κ2) is 9.86. The summed E-state index contributed by atoms with van der Waals surface area (Å²) in [5.41, 5.74) is 2.65. The highest BCUT2D eigenvalue weighted by Crippen LogP contribution is 2.25. The zero-order valence-corrected chi connectivity index (χ0v) is 18.4. The number of rotatable bonds is 7. The van der Waals surface area contributed by atoms with Gasteiger partial charge in [-0.2, -0.15) is 4.80 Å². The van der Waals surface area contributed by atoms with Crippen LogP contribution in [0, 0.1) is 12.8 Å². The van der Waals surface area contributed by atoms with Crippen molar-refractivity contribution in [2.45, 2.75) is 51.8 Å². The molecule has 9 heteroatoms. The van der Waals surface area contributed by atoms with Gasteiger partial charge in [-0.1, -0.05) is 12.1 Å². The Morgan fingerprint density at radius 3 is 2.81 bits per heavy atom. The molecule has 1 aromatic carbocycles. The van der Waals surface area contributed by atoms with Crippen LogP contribution in [0.15, 0.2) is 36.4 Å². The Kier molecular flexibility index (Phi) is 6.75. The van der Waals surface area contributed by atoms with Crippen LogP contribution in [0.4, 0.5) is 0 Å². The van der Waals surface area contributed by atoms with Crippen LogP contribution in [0.1, 0.15) is 47.4 Å². The van der Waals surface area contributed by atoms with Gasteiger partial charge >= 0.3 is 0 Å². The lowest BCUT2D eigenvalue weighted by atomic mass is 9.88. The van der Waals surface area contributed by atoms with Crippen molar-refractivity contribution in [3.8, 4) is 17.1 Å². The lowest BCUT2D eigenvalue weighted by molar-refractivity contribution is 0.0945. The molecule has 0 atom stereocenters. The van der Waals surface area contributed by atoms with Gasteiger partial charge in [0, 0.05) is 17.8 Å². The summed E-state index contributed by atoms with van der Waals surface area (Å²) in [6.07, 6.45) is 3.39. The molecule has 0 aliphatic heterocycles. The summed E-state index contributed by atoms with van der Waals surface area (Å²) in [6.45, 7) is 2.88. The first kappa shape index (κ1) is 21.9. The molecule has 0 spiro atoms. The van der Waals surface area contributed by atoms with Crippen molar-refractivity contribution >= 4 is 5.91 Å². The van der Waals surface area contributed by atoms with Gasteiger partial charge in [0.2, 0.25) is 5.82 Å². The smallest absolute Gasteiger partial charge is 0.270 e. The predicted molar refractivity (Wildman–Crippen MR) is 118 cm³/mol. The molecule has 32 heavy (non-hydrogen) atoms. The monoisotopic (exact) mass is 436 g/mol. The summed E-state index contributed by atoms with van der Waals surface area (Å²) in [6, 6.07) is 11.1. The van der Waals surface area contributed by atoms with E-state index in [1.165, 1.54) is 0 Å². The highest BCUT2D eigenvalue weighted by molar-refractivity contribution is 5.93. The molecule has 0 saturated heterocycles. The second-order valence-corrected chi connectivity index (χ2v) is 8.26. The number of ether oxygens (including phenoxy) is 1. The van der Waals surface area contributed by atoms with Crippen LogP contribution in [0.3, 0.4) is 0 Å². The maximum atomic E-state index is 12.7. The molecule has 1 saturated carbocycles. The van der Waals surface area contributed by atoms with Crippen LogP contribution in [0.2, 0.25) is 0 Å². The molecule has 0 bridgehead atoms. The van der Waals surface area contributed by atoms with Crippen LogP contribution in [0.25, 0.3) is 11.4 Å². The Balaban J connectivity index is 1.43. The highest BCUT2D eigenvalue weighted by atomic mass is 16.5. The SMILES string of the molecule is COc1cccc(CNC(=O)c2cc(-c3nnn(C[C@H]4CC[C@@H](O)CC4)n3)cc(C)n2)c1. The number of nitrogens with one attached hydrogen (secondary N) is 1. The first-order valence-corrected chi connectivity index (χ1v) is 10.9. The number of aliphatic hydroxyl groups is 1. The summed E-state index contributed by atoms with van der Waals surface area (Å²) in [7, 11) is 1.61. The summed E-state index contributed by atoms with van der Waals surface area (Å²) in [4.78, 5) is 18.7. The molecule has 1 aliphatic rings. The summed E-state index contributed by atoms with van der Waals surface area (Å²) in [5.74, 6) is 1.38. The topological polar surface area (TPSA) is 115 Å². The fourth-order valence-corrected chi connectivity index (χ4v) is 3.96. The van der Waals surface area contributed by atoms with Gasteiger partial charge in [-0.05, 0) is 73.6 Å². The maximum absolute atomic E-state index is 12.7. The molecule has 0 unspecified atom stereocenters. The number of aliphatic hydroxyl groups excluding tert-OH is 1. The lowest BCUT2D eigenvalue weighted by Gasteiger charge is -2.24. The molecule has 1 fully saturated rings. The van der Waals surface area contributed by atoms with Gasteiger partial charge < -0.3 is 15.2 Å². The zero-order chi connectivity index (χ0) is 22.5. The third-order valence-corrected chi connectivity index (χ3v) is 5.72. The largest absolute Gasteiger partial charge is 0.497 e. The number of hydrogen-bond donors (Lipinski definition) is 2. The minimum atomic E-state index is -0.272. The molecule has 4 rings (SSSR count). The average molecular weight is 437 g/mol. The number of hydrogen-bond acceptors (Lipinski definition) is 7. The second-order valence-electron chi connectivity index (χ2n) is 8.26. The van der Waals surface area contributed by atoms with E-state index in [0.717, 1.165) is 37.0 Å². The van der Waals surface area contributed by atoms with E-state index in [-0.39, 0.29) is 12.0 Å². The minimum absolute atomic E-state index is 0.182. The van der Waals surface area contributed by atoms with Gasteiger partial charge in [0.05, 0.1) is 19.8 Å². The third kappa shape index (κ3) is 5.47. The Morgan fingerprint density at radius 2 is 2.03 bits per heavy atom. The van der Waals surface area contributed by atoms with E-state index in [0.29, 0.717) is 41.8 Å². The molecule has 2 heterocycles. The van der Waals surface area contributed by atoms with Gasteiger partial charge in [-0.15, -0.1) is 10.2 Å². The number of amides is 1. The van der Waals surface area contributed by atoms with E-state index in [1.807, 2.05) is 37.3 Å². The van der Waals surface area contributed by atoms with E-state index in [4.69, 9.17) is 4.74 Å². The number of carbonyl (C=O) groups is 1. The number of aryl methyl sites for hydroxylation is 1. The molecule has 2 N–H and O–H groups in total. The molecule has 1 aliphatic carbocycles. The highest BCUT2D eigenvalue weighted by Gasteiger charge is 2.21. The fourth-order valence-electron chi connectivity index (χ4n) is 3.96. The van der Waals surface area contributed by atoms with Crippen molar-refractivity contribution in [1.29, 1.82) is 0 Å². The normalized spacial score (nSPS) is 18.3. The fraction of sp³-hybridized carbons (Fsp3) is 0.435. The van der Waals surface area contributed by atoms with Gasteiger partial charge in [-0.3, -0.25) is 4.79 Å². The number of tetrazole rings is 1. The summed E-state index contributed by atoms with van der Waals surface area (Å²) < 4.78 is 5.22. The minimum Gasteiger partial charge on any atom is -0.497 e. The van der Waals surface area contributed by atoms with Crippen molar-refractivity contribution in [2.75, 3.05) is 7.11 Å². The Bertz CT molecular complexity index is 1080. The van der Waals surface area contributed by atoms with Crippen LogP contribution in [-0.4, -0.2) is 49.4 Å².